The highest BCUT2D eigenvalue weighted by atomic mass is 35.5. The third-order valence-electron chi connectivity index (χ3n) is 9.24. The van der Waals surface area contributed by atoms with Crippen LogP contribution >= 0.6 is 0 Å². The monoisotopic (exact) mass is 729 g/mol. The topological polar surface area (TPSA) is 131 Å². The molecule has 1 amide bonds. The van der Waals surface area contributed by atoms with E-state index in [1.807, 2.05) is 30.3 Å². The number of nitrogens with one attached hydrogen (secondary N) is 3. The molecule has 53 heavy (non-hydrogen) atoms. The molecule has 272 valence electrons. The Balaban J connectivity index is 0.000000456. The number of aromatic amines is 2. The van der Waals surface area contributed by atoms with Crippen LogP contribution in [0.5, 0.6) is 0 Å². The first-order valence-electron chi connectivity index (χ1n) is 17.7. The first-order valence-corrected chi connectivity index (χ1v) is 17.7. The largest absolute Gasteiger partial charge is 1.00 e. The Morgan fingerprint density at radius 3 is 2.19 bits per heavy atom. The normalized spacial score (nSPS) is 13.0. The first-order chi connectivity index (χ1) is 25.3. The number of carbonyl (C=O) groups excluding carboxylic acids is 1. The zero-order valence-electron chi connectivity index (χ0n) is 29.6. The number of carboxylic acid groups (broad SMARTS) is 1. The van der Waals surface area contributed by atoms with Crippen LogP contribution in [0, 0.1) is 24.7 Å². The summed E-state index contributed by atoms with van der Waals surface area (Å²) in [5.41, 5.74) is 6.03. The number of carboxylic acids is 1. The van der Waals surface area contributed by atoms with Crippen LogP contribution in [0.15, 0.2) is 102 Å². The van der Waals surface area contributed by atoms with Gasteiger partial charge in [-0.05, 0) is 93.2 Å². The fraction of sp³-hybridized carbons (Fsp3) is 0.279. The van der Waals surface area contributed by atoms with Gasteiger partial charge in [0.25, 0.3) is 0 Å². The molecule has 1 saturated carbocycles. The van der Waals surface area contributed by atoms with Gasteiger partial charge in [-0.2, -0.15) is 5.10 Å². The minimum absolute atomic E-state index is 0. The van der Waals surface area contributed by atoms with Crippen molar-refractivity contribution in [3.05, 3.63) is 113 Å². The maximum Gasteiger partial charge on any atom is 0.347 e. The Labute approximate surface area is 316 Å². The van der Waals surface area contributed by atoms with Crippen molar-refractivity contribution in [3.63, 3.8) is 0 Å². The second-order valence-electron chi connectivity index (χ2n) is 12.8. The van der Waals surface area contributed by atoms with E-state index in [1.54, 1.807) is 18.3 Å². The lowest BCUT2D eigenvalue weighted by Gasteiger charge is -2.43. The molecule has 0 saturated heterocycles. The van der Waals surface area contributed by atoms with Crippen molar-refractivity contribution < 1.29 is 32.1 Å². The Kier molecular flexibility index (Phi) is 14.8. The number of terminal acetylenes is 2. The number of nitrogens with zero attached hydrogens (tertiary/aromatic N) is 2. The molecule has 1 fully saturated rings. The Morgan fingerprint density at radius 1 is 0.925 bits per heavy atom. The van der Waals surface area contributed by atoms with E-state index in [9.17, 15) is 14.4 Å². The predicted molar refractivity (Wildman–Crippen MR) is 205 cm³/mol. The molecule has 0 bridgehead atoms. The molecule has 1 aliphatic rings. The standard InChI is InChI=1S/C34H31N5O2.C9H12O2.ClH/c1-2-3-4-5-6-10-14-30(40)36-34(20-11-21-34)26-17-15-25(16-18-26)31-27(24-12-8-7-9-13-24)23-28-29(35-31)19-22-39-32(28)37-38-33(39)41;1-2-3-4-5-6-7-8-9(10)11;/h1,7-10,12-19,22-23H,3-6,11,20-21H2,(H,36,40)(H,38,41);1,7-8H,3-6H2,(H,10,11);1H/b14-10+;8-7+;. The summed E-state index contributed by atoms with van der Waals surface area (Å²) in [6.07, 6.45) is 28.5. The molecule has 0 aliphatic heterocycles. The highest BCUT2D eigenvalue weighted by molar-refractivity contribution is 5.95. The van der Waals surface area contributed by atoms with Crippen LogP contribution in [0.2, 0.25) is 0 Å². The second-order valence-corrected chi connectivity index (χ2v) is 12.8. The number of halogens is 1. The van der Waals surface area contributed by atoms with Crippen LogP contribution in [-0.4, -0.2) is 31.6 Å². The van der Waals surface area contributed by atoms with Crippen LogP contribution < -0.4 is 28.4 Å². The number of amides is 1. The lowest BCUT2D eigenvalue weighted by atomic mass is 9.71. The predicted octanol–water partition coefficient (Wildman–Crippen LogP) is 4.39. The highest BCUT2D eigenvalue weighted by Gasteiger charge is 2.39. The SMILES string of the molecule is C#CCCCC/C=C/C(=O)NC1(c2ccc(-c3[nH+]c4ccn5c(=O)[nH]nc5c4cc3-c3ccccc3)cc2)CCC1.C#CCCCC/C=C/C(=O)O.[Cl-]. The van der Waals surface area contributed by atoms with E-state index < -0.39 is 5.97 Å². The minimum Gasteiger partial charge on any atom is -1.00 e. The van der Waals surface area contributed by atoms with Crippen molar-refractivity contribution in [2.24, 2.45) is 0 Å². The van der Waals surface area contributed by atoms with Gasteiger partial charge in [-0.1, -0.05) is 54.6 Å². The molecule has 0 atom stereocenters. The van der Waals surface area contributed by atoms with Crippen molar-refractivity contribution >= 4 is 28.4 Å². The fourth-order valence-electron chi connectivity index (χ4n) is 6.34. The quantitative estimate of drug-likeness (QED) is 0.0887. The zero-order chi connectivity index (χ0) is 36.8. The number of fused-ring (bicyclic) bond motifs is 3. The summed E-state index contributed by atoms with van der Waals surface area (Å²) >= 11 is 0. The van der Waals surface area contributed by atoms with Gasteiger partial charge >= 0.3 is 11.7 Å². The number of H-pyrrole nitrogens is 2. The van der Waals surface area contributed by atoms with Crippen molar-refractivity contribution in [3.8, 4) is 47.1 Å². The van der Waals surface area contributed by atoms with E-state index in [-0.39, 0.29) is 29.5 Å². The number of hydrogen-bond donors (Lipinski definition) is 3. The summed E-state index contributed by atoms with van der Waals surface area (Å²) in [7, 11) is 0. The van der Waals surface area contributed by atoms with Gasteiger partial charge in [-0.25, -0.2) is 24.1 Å². The molecule has 10 heteroatoms. The number of carbonyl (C=O) groups is 2. The Bertz CT molecular complexity index is 2200. The molecular weight excluding hydrogens is 686 g/mol. The minimum atomic E-state index is -0.887. The third-order valence-corrected chi connectivity index (χ3v) is 9.24. The van der Waals surface area contributed by atoms with Crippen molar-refractivity contribution in [2.45, 2.75) is 76.2 Å². The summed E-state index contributed by atoms with van der Waals surface area (Å²) in [6.45, 7) is 0. The van der Waals surface area contributed by atoms with Gasteiger partial charge in [0, 0.05) is 36.7 Å². The number of unbranched alkanes of at least 4 members (excludes halogenated alkanes) is 6. The average Bonchev–Trinajstić information content (AvgIpc) is 3.53. The lowest BCUT2D eigenvalue weighted by Crippen LogP contribution is -3.00. The number of pyridine rings is 2. The van der Waals surface area contributed by atoms with Crippen molar-refractivity contribution in [1.82, 2.24) is 19.9 Å². The van der Waals surface area contributed by atoms with Crippen LogP contribution in [0.4, 0.5) is 0 Å². The molecule has 3 aromatic heterocycles. The number of benzene rings is 2. The van der Waals surface area contributed by atoms with Gasteiger partial charge < -0.3 is 22.8 Å². The molecule has 0 spiro atoms. The Morgan fingerprint density at radius 2 is 1.58 bits per heavy atom. The lowest BCUT2D eigenvalue weighted by molar-refractivity contribution is -0.330. The fourth-order valence-corrected chi connectivity index (χ4v) is 6.34. The van der Waals surface area contributed by atoms with Crippen LogP contribution in [0.1, 0.15) is 76.2 Å². The second kappa shape index (κ2) is 19.6. The molecular formula is C43H44ClN5O4. The molecule has 0 radical (unpaired) electrons. The highest BCUT2D eigenvalue weighted by Crippen LogP contribution is 2.42. The number of allylic oxidation sites excluding steroid dienone is 2. The maximum atomic E-state index is 12.8. The molecule has 4 N–H and O–H groups in total. The van der Waals surface area contributed by atoms with E-state index in [0.717, 1.165) is 116 Å². The average molecular weight is 730 g/mol. The van der Waals surface area contributed by atoms with Gasteiger partial charge in [-0.3, -0.25) is 4.79 Å². The molecule has 2 aromatic carbocycles. The molecule has 1 aliphatic carbocycles. The summed E-state index contributed by atoms with van der Waals surface area (Å²) in [5, 5.41) is 19.1. The summed E-state index contributed by atoms with van der Waals surface area (Å²) in [6, 6.07) is 22.6. The van der Waals surface area contributed by atoms with E-state index >= 15 is 0 Å². The first kappa shape index (κ1) is 39.9. The molecule has 0 unspecified atom stereocenters. The molecule has 3 heterocycles. The number of rotatable bonds is 14. The van der Waals surface area contributed by atoms with Crippen LogP contribution in [0.3, 0.4) is 0 Å². The van der Waals surface area contributed by atoms with E-state index in [0.29, 0.717) is 5.65 Å². The van der Waals surface area contributed by atoms with Gasteiger partial charge in [0.2, 0.25) is 17.1 Å². The van der Waals surface area contributed by atoms with Gasteiger partial charge in [0.15, 0.2) is 5.65 Å². The van der Waals surface area contributed by atoms with Gasteiger partial charge in [0.05, 0.1) is 16.5 Å². The number of aromatic nitrogens is 4. The Hall–Kier alpha value is -5.90. The van der Waals surface area contributed by atoms with E-state index in [2.05, 4.69) is 74.8 Å². The van der Waals surface area contributed by atoms with Crippen LogP contribution in [-0.2, 0) is 15.1 Å². The zero-order valence-corrected chi connectivity index (χ0v) is 30.4. The summed E-state index contributed by atoms with van der Waals surface area (Å²) < 4.78 is 1.51. The van der Waals surface area contributed by atoms with E-state index in [4.69, 9.17) is 18.0 Å². The number of hydrogen-bond acceptors (Lipinski definition) is 4. The van der Waals surface area contributed by atoms with Gasteiger partial charge in [-0.15, -0.1) is 24.7 Å². The van der Waals surface area contributed by atoms with E-state index in [1.165, 1.54) is 4.40 Å². The molecule has 5 aromatic rings. The molecule has 9 nitrogen and oxygen atoms in total. The van der Waals surface area contributed by atoms with Crippen molar-refractivity contribution in [2.75, 3.05) is 0 Å². The van der Waals surface area contributed by atoms with Crippen molar-refractivity contribution in [1.29, 1.82) is 0 Å². The third kappa shape index (κ3) is 10.3. The smallest absolute Gasteiger partial charge is 0.347 e. The maximum absolute atomic E-state index is 12.8. The van der Waals surface area contributed by atoms with Gasteiger partial charge in [0.1, 0.15) is 0 Å². The number of aliphatic carboxylic acids is 1. The van der Waals surface area contributed by atoms with Crippen LogP contribution in [0.25, 0.3) is 38.9 Å². The summed E-state index contributed by atoms with van der Waals surface area (Å²) in [4.78, 5) is 38.5. The molecule has 6 rings (SSSR count). The summed E-state index contributed by atoms with van der Waals surface area (Å²) in [5.74, 6) is 4.24.